The fourth-order valence-corrected chi connectivity index (χ4v) is 4.16. The number of thioether (sulfide) groups is 1. The molecule has 21 heavy (non-hydrogen) atoms. The minimum absolute atomic E-state index is 0.307. The Labute approximate surface area is 132 Å². The molecule has 1 saturated heterocycles. The lowest BCUT2D eigenvalue weighted by molar-refractivity contribution is 0.429. The third-order valence-electron chi connectivity index (χ3n) is 4.22. The van der Waals surface area contributed by atoms with E-state index in [-0.39, 0.29) is 0 Å². The van der Waals surface area contributed by atoms with Crippen molar-refractivity contribution in [1.29, 1.82) is 0 Å². The van der Waals surface area contributed by atoms with Gasteiger partial charge in [0.2, 0.25) is 0 Å². The molecule has 0 atom stereocenters. The minimum Gasteiger partial charge on any atom is -0.306 e. The molecule has 0 aliphatic carbocycles. The van der Waals surface area contributed by atoms with Gasteiger partial charge in [0.05, 0.1) is 6.04 Å². The van der Waals surface area contributed by atoms with Gasteiger partial charge in [-0.1, -0.05) is 60.7 Å². The molecule has 1 N–H and O–H groups in total. The van der Waals surface area contributed by atoms with E-state index in [9.17, 15) is 0 Å². The second-order valence-corrected chi connectivity index (χ2v) is 6.94. The van der Waals surface area contributed by atoms with Crippen molar-refractivity contribution < 1.29 is 0 Å². The average molecular weight is 297 g/mol. The maximum absolute atomic E-state index is 3.81. The van der Waals surface area contributed by atoms with Crippen molar-refractivity contribution in [2.24, 2.45) is 5.92 Å². The normalized spacial score (nSPS) is 16.2. The number of hydrogen-bond acceptors (Lipinski definition) is 2. The van der Waals surface area contributed by atoms with Gasteiger partial charge in [0.25, 0.3) is 0 Å². The molecule has 1 fully saturated rings. The van der Waals surface area contributed by atoms with Crippen LogP contribution in [0.1, 0.15) is 30.0 Å². The molecule has 0 bridgehead atoms. The van der Waals surface area contributed by atoms with Gasteiger partial charge in [-0.05, 0) is 47.9 Å². The zero-order chi connectivity index (χ0) is 14.3. The first kappa shape index (κ1) is 14.7. The lowest BCUT2D eigenvalue weighted by Gasteiger charge is -2.26. The highest BCUT2D eigenvalue weighted by Crippen LogP contribution is 2.25. The van der Waals surface area contributed by atoms with Gasteiger partial charge >= 0.3 is 0 Å². The van der Waals surface area contributed by atoms with Crippen LogP contribution in [0.4, 0.5) is 0 Å². The van der Waals surface area contributed by atoms with E-state index in [2.05, 4.69) is 77.7 Å². The van der Waals surface area contributed by atoms with Crippen LogP contribution in [0.5, 0.6) is 0 Å². The van der Waals surface area contributed by atoms with Crippen molar-refractivity contribution in [3.63, 3.8) is 0 Å². The minimum atomic E-state index is 0.307. The highest BCUT2D eigenvalue weighted by Gasteiger charge is 2.17. The summed E-state index contributed by atoms with van der Waals surface area (Å²) in [7, 11) is 0. The van der Waals surface area contributed by atoms with Crippen LogP contribution in [0.3, 0.4) is 0 Å². The van der Waals surface area contributed by atoms with Gasteiger partial charge in [-0.15, -0.1) is 0 Å². The van der Waals surface area contributed by atoms with E-state index in [0.717, 1.165) is 12.5 Å². The van der Waals surface area contributed by atoms with Crippen LogP contribution in [-0.2, 0) is 0 Å². The Balaban J connectivity index is 1.73. The molecule has 3 rings (SSSR count). The third-order valence-corrected chi connectivity index (χ3v) is 5.27. The van der Waals surface area contributed by atoms with Crippen LogP contribution >= 0.6 is 11.8 Å². The first-order valence-corrected chi connectivity index (χ1v) is 9.00. The molecule has 2 aromatic rings. The maximum atomic E-state index is 3.81. The molecule has 0 aromatic heterocycles. The van der Waals surface area contributed by atoms with Gasteiger partial charge in [0, 0.05) is 0 Å². The maximum Gasteiger partial charge on any atom is 0.0576 e. The smallest absolute Gasteiger partial charge is 0.0576 e. The predicted octanol–water partition coefficient (Wildman–Crippen LogP) is 4.51. The predicted molar refractivity (Wildman–Crippen MR) is 92.8 cm³/mol. The van der Waals surface area contributed by atoms with Crippen LogP contribution in [0, 0.1) is 5.92 Å². The van der Waals surface area contributed by atoms with Crippen molar-refractivity contribution in [2.45, 2.75) is 18.9 Å². The quantitative estimate of drug-likeness (QED) is 0.871. The lowest BCUT2D eigenvalue weighted by Crippen LogP contribution is -2.30. The highest BCUT2D eigenvalue weighted by atomic mass is 32.2. The second-order valence-electron chi connectivity index (χ2n) is 5.72. The second kappa shape index (κ2) is 7.67. The first-order chi connectivity index (χ1) is 10.4. The molecule has 110 valence electrons. The molecule has 2 aromatic carbocycles. The Morgan fingerprint density at radius 1 is 0.857 bits per heavy atom. The van der Waals surface area contributed by atoms with Gasteiger partial charge < -0.3 is 5.32 Å². The Hall–Kier alpha value is -1.25. The molecule has 0 saturated carbocycles. The van der Waals surface area contributed by atoms with E-state index in [1.165, 1.54) is 35.5 Å². The summed E-state index contributed by atoms with van der Waals surface area (Å²) in [5.41, 5.74) is 2.71. The van der Waals surface area contributed by atoms with Crippen molar-refractivity contribution in [1.82, 2.24) is 5.32 Å². The topological polar surface area (TPSA) is 12.0 Å². The van der Waals surface area contributed by atoms with Crippen LogP contribution in [0.15, 0.2) is 60.7 Å². The zero-order valence-electron chi connectivity index (χ0n) is 12.4. The molecule has 0 unspecified atom stereocenters. The summed E-state index contributed by atoms with van der Waals surface area (Å²) in [4.78, 5) is 0. The van der Waals surface area contributed by atoms with Crippen LogP contribution in [0.25, 0.3) is 0 Å². The number of benzene rings is 2. The lowest BCUT2D eigenvalue weighted by atomic mass is 9.96. The van der Waals surface area contributed by atoms with Crippen LogP contribution < -0.4 is 5.32 Å². The van der Waals surface area contributed by atoms with Gasteiger partial charge in [-0.3, -0.25) is 0 Å². The van der Waals surface area contributed by atoms with Crippen LogP contribution in [-0.4, -0.2) is 18.1 Å². The summed E-state index contributed by atoms with van der Waals surface area (Å²) in [6.07, 6.45) is 2.71. The van der Waals surface area contributed by atoms with Crippen molar-refractivity contribution in [2.75, 3.05) is 18.1 Å². The zero-order valence-corrected chi connectivity index (χ0v) is 13.2. The summed E-state index contributed by atoms with van der Waals surface area (Å²) < 4.78 is 0. The van der Waals surface area contributed by atoms with E-state index in [0.29, 0.717) is 6.04 Å². The first-order valence-electron chi connectivity index (χ1n) is 7.84. The van der Waals surface area contributed by atoms with E-state index in [4.69, 9.17) is 0 Å². The highest BCUT2D eigenvalue weighted by molar-refractivity contribution is 7.99. The molecule has 1 aliphatic heterocycles. The molecule has 0 spiro atoms. The SMILES string of the molecule is c1ccc(C(NCC2CCSCC2)c2ccccc2)cc1. The van der Waals surface area contributed by atoms with E-state index in [1.54, 1.807) is 0 Å². The summed E-state index contributed by atoms with van der Waals surface area (Å²) in [5, 5.41) is 3.81. The molecular weight excluding hydrogens is 274 g/mol. The average Bonchev–Trinajstić information content (AvgIpc) is 2.58. The Bertz CT molecular complexity index is 480. The number of hydrogen-bond donors (Lipinski definition) is 1. The van der Waals surface area contributed by atoms with E-state index < -0.39 is 0 Å². The van der Waals surface area contributed by atoms with Gasteiger partial charge in [-0.2, -0.15) is 11.8 Å². The Morgan fingerprint density at radius 2 is 1.38 bits per heavy atom. The molecule has 2 heteroatoms. The molecule has 1 aliphatic rings. The summed E-state index contributed by atoms with van der Waals surface area (Å²) >= 11 is 2.10. The number of nitrogens with one attached hydrogen (secondary N) is 1. The molecule has 0 amide bonds. The third kappa shape index (κ3) is 4.12. The summed E-state index contributed by atoms with van der Waals surface area (Å²) in [5.74, 6) is 3.49. The monoisotopic (exact) mass is 297 g/mol. The molecule has 1 nitrogen and oxygen atoms in total. The van der Waals surface area contributed by atoms with Crippen molar-refractivity contribution in [3.8, 4) is 0 Å². The van der Waals surface area contributed by atoms with Gasteiger partial charge in [-0.25, -0.2) is 0 Å². The fraction of sp³-hybridized carbons (Fsp3) is 0.368. The van der Waals surface area contributed by atoms with Crippen LogP contribution in [0.2, 0.25) is 0 Å². The molecule has 1 heterocycles. The van der Waals surface area contributed by atoms with Gasteiger partial charge in [0.1, 0.15) is 0 Å². The molecule has 0 radical (unpaired) electrons. The number of rotatable bonds is 5. The molecular formula is C19H23NS. The van der Waals surface area contributed by atoms with E-state index >= 15 is 0 Å². The summed E-state index contributed by atoms with van der Waals surface area (Å²) in [6, 6.07) is 21.9. The van der Waals surface area contributed by atoms with Crippen molar-refractivity contribution in [3.05, 3.63) is 71.8 Å². The summed E-state index contributed by atoms with van der Waals surface area (Å²) in [6.45, 7) is 1.12. The van der Waals surface area contributed by atoms with Crippen molar-refractivity contribution >= 4 is 11.8 Å². The van der Waals surface area contributed by atoms with E-state index in [1.807, 2.05) is 0 Å². The largest absolute Gasteiger partial charge is 0.306 e. The fourth-order valence-electron chi connectivity index (χ4n) is 2.95. The standard InChI is InChI=1S/C19H23NS/c1-3-7-17(8-4-1)19(18-9-5-2-6-10-18)20-15-16-11-13-21-14-12-16/h1-10,16,19-20H,11-15H2. The Kier molecular flexibility index (Phi) is 5.36. The van der Waals surface area contributed by atoms with Gasteiger partial charge in [0.15, 0.2) is 0 Å². The Morgan fingerprint density at radius 3 is 1.90 bits per heavy atom.